The summed E-state index contributed by atoms with van der Waals surface area (Å²) < 4.78 is 6.97. The zero-order valence-electron chi connectivity index (χ0n) is 10.6. The number of amides is 1. The molecule has 102 valence electrons. The number of ether oxygens (including phenoxy) is 1. The SMILES string of the molecule is Cc1cc(NC(=O)CC2COCCN2)n(C)n1.Cl. The maximum absolute atomic E-state index is 11.8. The van der Waals surface area contributed by atoms with Crippen LogP contribution in [0.15, 0.2) is 6.07 Å². The second-order valence-corrected chi connectivity index (χ2v) is 4.27. The van der Waals surface area contributed by atoms with Crippen molar-refractivity contribution in [3.05, 3.63) is 11.8 Å². The predicted octanol–water partition coefficient (Wildman–Crippen LogP) is 0.467. The molecule has 0 bridgehead atoms. The molecule has 0 saturated carbocycles. The molecule has 1 aromatic heterocycles. The molecule has 2 N–H and O–H groups in total. The number of aromatic nitrogens is 2. The van der Waals surface area contributed by atoms with Crippen LogP contribution in [0.5, 0.6) is 0 Å². The summed E-state index contributed by atoms with van der Waals surface area (Å²) in [5.74, 6) is 0.709. The van der Waals surface area contributed by atoms with E-state index in [2.05, 4.69) is 15.7 Å². The van der Waals surface area contributed by atoms with Crippen LogP contribution in [0.1, 0.15) is 12.1 Å². The molecule has 1 aliphatic rings. The molecule has 2 heterocycles. The lowest BCUT2D eigenvalue weighted by atomic mass is 10.2. The van der Waals surface area contributed by atoms with Crippen LogP contribution in [-0.2, 0) is 16.6 Å². The van der Waals surface area contributed by atoms with Crippen molar-refractivity contribution in [2.24, 2.45) is 7.05 Å². The van der Waals surface area contributed by atoms with Crippen LogP contribution in [0.3, 0.4) is 0 Å². The van der Waals surface area contributed by atoms with E-state index >= 15 is 0 Å². The minimum atomic E-state index is -0.0176. The number of nitrogens with one attached hydrogen (secondary N) is 2. The van der Waals surface area contributed by atoms with Crippen LogP contribution < -0.4 is 10.6 Å². The first-order chi connectivity index (χ1) is 8.15. The second-order valence-electron chi connectivity index (χ2n) is 4.27. The topological polar surface area (TPSA) is 68.2 Å². The highest BCUT2D eigenvalue weighted by atomic mass is 35.5. The van der Waals surface area contributed by atoms with Gasteiger partial charge in [0.2, 0.25) is 5.91 Å². The van der Waals surface area contributed by atoms with Gasteiger partial charge in [-0.25, -0.2) is 0 Å². The van der Waals surface area contributed by atoms with Crippen LogP contribution in [0.2, 0.25) is 0 Å². The fraction of sp³-hybridized carbons (Fsp3) is 0.636. The Labute approximate surface area is 112 Å². The van der Waals surface area contributed by atoms with E-state index in [0.29, 0.717) is 13.0 Å². The lowest BCUT2D eigenvalue weighted by Gasteiger charge is -2.23. The Bertz CT molecular complexity index is 402. The highest BCUT2D eigenvalue weighted by molar-refractivity contribution is 5.90. The van der Waals surface area contributed by atoms with E-state index in [4.69, 9.17) is 4.74 Å². The molecule has 2 rings (SSSR count). The highest BCUT2D eigenvalue weighted by Crippen LogP contribution is 2.09. The van der Waals surface area contributed by atoms with E-state index in [0.717, 1.165) is 24.7 Å². The van der Waals surface area contributed by atoms with Gasteiger partial charge in [-0.15, -0.1) is 12.4 Å². The third kappa shape index (κ3) is 3.97. The number of hydrogen-bond acceptors (Lipinski definition) is 4. The molecular weight excluding hydrogens is 256 g/mol. The van der Waals surface area contributed by atoms with Gasteiger partial charge in [-0.3, -0.25) is 9.48 Å². The molecule has 0 radical (unpaired) electrons. The molecule has 7 heteroatoms. The Morgan fingerprint density at radius 2 is 2.50 bits per heavy atom. The third-order valence-electron chi connectivity index (χ3n) is 2.70. The Balaban J connectivity index is 0.00000162. The first-order valence-electron chi connectivity index (χ1n) is 5.77. The minimum absolute atomic E-state index is 0. The number of morpholine rings is 1. The Morgan fingerprint density at radius 3 is 3.06 bits per heavy atom. The molecule has 0 spiro atoms. The maximum Gasteiger partial charge on any atom is 0.227 e. The molecular formula is C11H19ClN4O2. The van der Waals surface area contributed by atoms with Crippen LogP contribution in [0.4, 0.5) is 5.82 Å². The number of nitrogens with zero attached hydrogens (tertiary/aromatic N) is 2. The van der Waals surface area contributed by atoms with Crippen molar-refractivity contribution in [2.45, 2.75) is 19.4 Å². The van der Waals surface area contributed by atoms with Gasteiger partial charge in [-0.2, -0.15) is 5.10 Å². The quantitative estimate of drug-likeness (QED) is 0.841. The van der Waals surface area contributed by atoms with Crippen molar-refractivity contribution in [1.29, 1.82) is 0 Å². The van der Waals surface area contributed by atoms with Gasteiger partial charge in [0.15, 0.2) is 0 Å². The minimum Gasteiger partial charge on any atom is -0.378 e. The van der Waals surface area contributed by atoms with E-state index < -0.39 is 0 Å². The van der Waals surface area contributed by atoms with Crippen LogP contribution in [0.25, 0.3) is 0 Å². The van der Waals surface area contributed by atoms with Crippen molar-refractivity contribution in [3.63, 3.8) is 0 Å². The number of carbonyl (C=O) groups excluding carboxylic acids is 1. The standard InChI is InChI=1S/C11H18N4O2.ClH/c1-8-5-10(15(2)14-8)13-11(16)6-9-7-17-4-3-12-9;/h5,9,12H,3-4,6-7H2,1-2H3,(H,13,16);1H. The van der Waals surface area contributed by atoms with Crippen molar-refractivity contribution in [3.8, 4) is 0 Å². The van der Waals surface area contributed by atoms with E-state index in [9.17, 15) is 4.79 Å². The molecule has 1 aromatic rings. The molecule has 1 atom stereocenters. The average Bonchev–Trinajstić information content (AvgIpc) is 2.58. The fourth-order valence-corrected chi connectivity index (χ4v) is 1.90. The van der Waals surface area contributed by atoms with Crippen molar-refractivity contribution in [1.82, 2.24) is 15.1 Å². The van der Waals surface area contributed by atoms with Gasteiger partial charge in [-0.1, -0.05) is 0 Å². The summed E-state index contributed by atoms with van der Waals surface area (Å²) in [6.07, 6.45) is 0.421. The summed E-state index contributed by atoms with van der Waals surface area (Å²) in [7, 11) is 1.81. The molecule has 1 amide bonds. The summed E-state index contributed by atoms with van der Waals surface area (Å²) >= 11 is 0. The lowest BCUT2D eigenvalue weighted by molar-refractivity contribution is -0.117. The number of halogens is 1. The van der Waals surface area contributed by atoms with Gasteiger partial charge in [0.1, 0.15) is 5.82 Å². The molecule has 0 aromatic carbocycles. The van der Waals surface area contributed by atoms with Crippen LogP contribution in [0, 0.1) is 6.92 Å². The first-order valence-corrected chi connectivity index (χ1v) is 5.77. The van der Waals surface area contributed by atoms with Crippen molar-refractivity contribution < 1.29 is 9.53 Å². The van der Waals surface area contributed by atoms with Crippen molar-refractivity contribution >= 4 is 24.1 Å². The van der Waals surface area contributed by atoms with Crippen LogP contribution >= 0.6 is 12.4 Å². The highest BCUT2D eigenvalue weighted by Gasteiger charge is 2.17. The Kier molecular flexibility index (Phi) is 5.58. The summed E-state index contributed by atoms with van der Waals surface area (Å²) in [6.45, 7) is 4.02. The van der Waals surface area contributed by atoms with E-state index in [1.807, 2.05) is 20.0 Å². The molecule has 18 heavy (non-hydrogen) atoms. The number of hydrogen-bond donors (Lipinski definition) is 2. The first kappa shape index (κ1) is 14.9. The van der Waals surface area contributed by atoms with Gasteiger partial charge >= 0.3 is 0 Å². The zero-order valence-corrected chi connectivity index (χ0v) is 11.4. The number of anilines is 1. The number of carbonyl (C=O) groups is 1. The van der Waals surface area contributed by atoms with Gasteiger partial charge in [-0.05, 0) is 6.92 Å². The maximum atomic E-state index is 11.8. The molecule has 1 fully saturated rings. The largest absolute Gasteiger partial charge is 0.378 e. The molecule has 6 nitrogen and oxygen atoms in total. The van der Waals surface area contributed by atoms with Gasteiger partial charge in [0.25, 0.3) is 0 Å². The van der Waals surface area contributed by atoms with E-state index in [1.165, 1.54) is 0 Å². The normalized spacial score (nSPS) is 19.1. The van der Waals surface area contributed by atoms with E-state index in [1.54, 1.807) is 4.68 Å². The third-order valence-corrected chi connectivity index (χ3v) is 2.70. The summed E-state index contributed by atoms with van der Waals surface area (Å²) in [4.78, 5) is 11.8. The Hall–Kier alpha value is -1.11. The monoisotopic (exact) mass is 274 g/mol. The number of rotatable bonds is 3. The Morgan fingerprint density at radius 1 is 1.72 bits per heavy atom. The predicted molar refractivity (Wildman–Crippen MR) is 71.0 cm³/mol. The molecule has 1 unspecified atom stereocenters. The second kappa shape index (κ2) is 6.72. The zero-order chi connectivity index (χ0) is 12.3. The molecule has 1 saturated heterocycles. The smallest absolute Gasteiger partial charge is 0.227 e. The van der Waals surface area contributed by atoms with Crippen LogP contribution in [-0.4, -0.2) is 41.5 Å². The fourth-order valence-electron chi connectivity index (χ4n) is 1.90. The summed E-state index contributed by atoms with van der Waals surface area (Å²) in [5.41, 5.74) is 0.891. The molecule has 1 aliphatic heterocycles. The van der Waals surface area contributed by atoms with Gasteiger partial charge in [0.05, 0.1) is 18.9 Å². The number of aryl methyl sites for hydroxylation is 2. The lowest BCUT2D eigenvalue weighted by Crippen LogP contribution is -2.43. The molecule has 0 aliphatic carbocycles. The van der Waals surface area contributed by atoms with Gasteiger partial charge < -0.3 is 15.4 Å². The summed E-state index contributed by atoms with van der Waals surface area (Å²) in [6, 6.07) is 1.96. The average molecular weight is 275 g/mol. The van der Waals surface area contributed by atoms with E-state index in [-0.39, 0.29) is 24.4 Å². The van der Waals surface area contributed by atoms with Crippen molar-refractivity contribution in [2.75, 3.05) is 25.1 Å². The van der Waals surface area contributed by atoms with Gasteiger partial charge in [0, 0.05) is 32.1 Å². The summed E-state index contributed by atoms with van der Waals surface area (Å²) in [5, 5.41) is 10.3.